The van der Waals surface area contributed by atoms with Crippen molar-refractivity contribution in [3.63, 3.8) is 0 Å². The molecule has 0 unspecified atom stereocenters. The van der Waals surface area contributed by atoms with Gasteiger partial charge in [0.15, 0.2) is 5.82 Å². The number of aromatic nitrogens is 2. The summed E-state index contributed by atoms with van der Waals surface area (Å²) in [7, 11) is 1.52. The van der Waals surface area contributed by atoms with Gasteiger partial charge < -0.3 is 15.5 Å². The quantitative estimate of drug-likeness (QED) is 0.394. The molecule has 16 heavy (non-hydrogen) atoms. The predicted molar refractivity (Wildman–Crippen MR) is 60.0 cm³/mol. The molecule has 7 nitrogen and oxygen atoms in total. The fourth-order valence-corrected chi connectivity index (χ4v) is 1.10. The van der Waals surface area contributed by atoms with E-state index in [-0.39, 0.29) is 23.4 Å². The van der Waals surface area contributed by atoms with Gasteiger partial charge in [-0.25, -0.2) is 10.8 Å². The van der Waals surface area contributed by atoms with Crippen LogP contribution in [0.2, 0.25) is 5.28 Å². The van der Waals surface area contributed by atoms with E-state index in [2.05, 4.69) is 20.7 Å². The Balaban J connectivity index is 2.69. The topological polar surface area (TPSA) is 102 Å². The minimum Gasteiger partial charge on any atom is -0.384 e. The molecule has 0 aliphatic carbocycles. The molecular formula is C8H12ClN5O2. The number of anilines is 2. The maximum atomic E-state index is 11.4. The van der Waals surface area contributed by atoms with Gasteiger partial charge in [0.1, 0.15) is 5.69 Å². The SMILES string of the molecule is COCCC(=O)Nc1cnc(Cl)nc1NN. The number of carbonyl (C=O) groups excluding carboxylic acids is 1. The third kappa shape index (κ3) is 3.61. The number of nitrogens with two attached hydrogens (primary N) is 1. The van der Waals surface area contributed by atoms with E-state index in [0.29, 0.717) is 12.3 Å². The van der Waals surface area contributed by atoms with Crippen molar-refractivity contribution < 1.29 is 9.53 Å². The van der Waals surface area contributed by atoms with Gasteiger partial charge in [-0.1, -0.05) is 0 Å². The minimum atomic E-state index is -0.218. The standard InChI is InChI=1S/C8H12ClN5O2/c1-16-3-2-6(15)12-5-4-11-8(9)13-7(5)14-10/h4H,2-3,10H2,1H3,(H,12,15)(H,11,13,14). The van der Waals surface area contributed by atoms with Crippen LogP contribution in [0, 0.1) is 0 Å². The molecule has 4 N–H and O–H groups in total. The number of ether oxygens (including phenoxy) is 1. The van der Waals surface area contributed by atoms with Crippen LogP contribution >= 0.6 is 11.6 Å². The summed E-state index contributed by atoms with van der Waals surface area (Å²) in [5.74, 6) is 5.26. The molecule has 0 bridgehead atoms. The lowest BCUT2D eigenvalue weighted by molar-refractivity contribution is -0.117. The first kappa shape index (κ1) is 12.6. The largest absolute Gasteiger partial charge is 0.384 e. The lowest BCUT2D eigenvalue weighted by Gasteiger charge is -2.08. The van der Waals surface area contributed by atoms with Gasteiger partial charge in [-0.2, -0.15) is 4.98 Å². The number of methoxy groups -OCH3 is 1. The second-order valence-electron chi connectivity index (χ2n) is 2.84. The van der Waals surface area contributed by atoms with Gasteiger partial charge in [-0.3, -0.25) is 4.79 Å². The fraction of sp³-hybridized carbons (Fsp3) is 0.375. The Kier molecular flexibility index (Phi) is 4.90. The summed E-state index contributed by atoms with van der Waals surface area (Å²) in [4.78, 5) is 18.9. The highest BCUT2D eigenvalue weighted by Gasteiger charge is 2.08. The highest BCUT2D eigenvalue weighted by molar-refractivity contribution is 6.28. The molecule has 0 fully saturated rings. The van der Waals surface area contributed by atoms with E-state index >= 15 is 0 Å². The van der Waals surface area contributed by atoms with Crippen molar-refractivity contribution in [1.29, 1.82) is 0 Å². The molecule has 0 radical (unpaired) electrons. The van der Waals surface area contributed by atoms with Crippen LogP contribution in [-0.4, -0.2) is 29.6 Å². The summed E-state index contributed by atoms with van der Waals surface area (Å²) in [5, 5.41) is 2.62. The van der Waals surface area contributed by atoms with Gasteiger partial charge >= 0.3 is 0 Å². The monoisotopic (exact) mass is 245 g/mol. The van der Waals surface area contributed by atoms with Crippen LogP contribution in [0.1, 0.15) is 6.42 Å². The average molecular weight is 246 g/mol. The molecule has 8 heteroatoms. The Morgan fingerprint density at radius 1 is 1.69 bits per heavy atom. The molecule has 1 aromatic rings. The van der Waals surface area contributed by atoms with E-state index in [4.69, 9.17) is 22.2 Å². The van der Waals surface area contributed by atoms with Crippen LogP contribution in [0.15, 0.2) is 6.20 Å². The fourth-order valence-electron chi connectivity index (χ4n) is 0.969. The first-order valence-electron chi connectivity index (χ1n) is 4.45. The maximum Gasteiger partial charge on any atom is 0.226 e. The number of hydrogen-bond donors (Lipinski definition) is 3. The molecular weight excluding hydrogens is 234 g/mol. The summed E-state index contributed by atoms with van der Waals surface area (Å²) in [6, 6.07) is 0. The third-order valence-corrected chi connectivity index (χ3v) is 1.89. The zero-order valence-electron chi connectivity index (χ0n) is 8.66. The first-order chi connectivity index (χ1) is 7.67. The number of nitrogen functional groups attached to an aromatic ring is 1. The van der Waals surface area contributed by atoms with Gasteiger partial charge in [-0.05, 0) is 11.6 Å². The average Bonchev–Trinajstić information content (AvgIpc) is 2.28. The summed E-state index contributed by atoms with van der Waals surface area (Å²) in [6.45, 7) is 0.339. The Morgan fingerprint density at radius 2 is 2.44 bits per heavy atom. The number of hydrazine groups is 1. The van der Waals surface area contributed by atoms with Crippen LogP contribution in [0.4, 0.5) is 11.5 Å². The zero-order chi connectivity index (χ0) is 12.0. The van der Waals surface area contributed by atoms with Crippen LogP contribution in [-0.2, 0) is 9.53 Å². The van der Waals surface area contributed by atoms with Gasteiger partial charge in [0.2, 0.25) is 11.2 Å². The molecule has 0 aliphatic rings. The number of amides is 1. The number of nitrogens with one attached hydrogen (secondary N) is 2. The van der Waals surface area contributed by atoms with Crippen molar-refractivity contribution in [2.45, 2.75) is 6.42 Å². The van der Waals surface area contributed by atoms with E-state index < -0.39 is 0 Å². The number of carbonyl (C=O) groups is 1. The highest BCUT2D eigenvalue weighted by Crippen LogP contribution is 2.18. The number of rotatable bonds is 5. The van der Waals surface area contributed by atoms with Crippen molar-refractivity contribution in [2.75, 3.05) is 24.5 Å². The Morgan fingerprint density at radius 3 is 3.06 bits per heavy atom. The summed E-state index contributed by atoms with van der Waals surface area (Å²) in [5.41, 5.74) is 2.68. The van der Waals surface area contributed by atoms with Crippen LogP contribution in [0.5, 0.6) is 0 Å². The molecule has 88 valence electrons. The van der Waals surface area contributed by atoms with Gasteiger partial charge in [0.05, 0.1) is 19.2 Å². The smallest absolute Gasteiger partial charge is 0.226 e. The molecule has 1 aromatic heterocycles. The number of hydrogen-bond acceptors (Lipinski definition) is 6. The minimum absolute atomic E-state index is 0.0443. The molecule has 1 heterocycles. The van der Waals surface area contributed by atoms with E-state index in [1.165, 1.54) is 13.3 Å². The Labute approximate surface area is 97.3 Å². The van der Waals surface area contributed by atoms with Gasteiger partial charge in [0.25, 0.3) is 0 Å². The third-order valence-electron chi connectivity index (χ3n) is 1.70. The normalized spacial score (nSPS) is 9.94. The number of halogens is 1. The van der Waals surface area contributed by atoms with Gasteiger partial charge in [0, 0.05) is 7.11 Å². The molecule has 0 saturated carbocycles. The highest BCUT2D eigenvalue weighted by atomic mass is 35.5. The molecule has 0 atom stereocenters. The lowest BCUT2D eigenvalue weighted by atomic mass is 10.4. The van der Waals surface area contributed by atoms with E-state index in [9.17, 15) is 4.79 Å². The summed E-state index contributed by atoms with van der Waals surface area (Å²) >= 11 is 5.57. The molecule has 1 rings (SSSR count). The first-order valence-corrected chi connectivity index (χ1v) is 4.83. The lowest BCUT2D eigenvalue weighted by Crippen LogP contribution is -2.18. The van der Waals surface area contributed by atoms with Crippen molar-refractivity contribution in [2.24, 2.45) is 5.84 Å². The summed E-state index contributed by atoms with van der Waals surface area (Å²) < 4.78 is 4.77. The Bertz CT molecular complexity index is 373. The molecule has 0 aliphatic heterocycles. The van der Waals surface area contributed by atoms with Crippen molar-refractivity contribution in [3.05, 3.63) is 11.5 Å². The Hall–Kier alpha value is -1.44. The maximum absolute atomic E-state index is 11.4. The second kappa shape index (κ2) is 6.21. The predicted octanol–water partition coefficient (Wildman–Crippen LogP) is 0.391. The molecule has 0 spiro atoms. The van der Waals surface area contributed by atoms with Crippen LogP contribution in [0.3, 0.4) is 0 Å². The zero-order valence-corrected chi connectivity index (χ0v) is 9.41. The van der Waals surface area contributed by atoms with Gasteiger partial charge in [-0.15, -0.1) is 0 Å². The van der Waals surface area contributed by atoms with Crippen LogP contribution < -0.4 is 16.6 Å². The number of nitrogens with zero attached hydrogens (tertiary/aromatic N) is 2. The second-order valence-corrected chi connectivity index (χ2v) is 3.17. The van der Waals surface area contributed by atoms with E-state index in [1.54, 1.807) is 0 Å². The van der Waals surface area contributed by atoms with E-state index in [0.717, 1.165) is 0 Å². The molecule has 1 amide bonds. The molecule has 0 aromatic carbocycles. The summed E-state index contributed by atoms with van der Waals surface area (Å²) in [6.07, 6.45) is 1.61. The van der Waals surface area contributed by atoms with Crippen LogP contribution in [0.25, 0.3) is 0 Å². The molecule has 0 saturated heterocycles. The van der Waals surface area contributed by atoms with Crippen molar-refractivity contribution in [1.82, 2.24) is 9.97 Å². The van der Waals surface area contributed by atoms with Crippen molar-refractivity contribution in [3.8, 4) is 0 Å². The van der Waals surface area contributed by atoms with E-state index in [1.807, 2.05) is 0 Å². The van der Waals surface area contributed by atoms with Crippen molar-refractivity contribution >= 4 is 29.0 Å².